The number of unbranched alkanes of at least 4 members (excludes halogenated alkanes) is 31. The summed E-state index contributed by atoms with van der Waals surface area (Å²) in [5.74, 6) is -1.35. The van der Waals surface area contributed by atoms with E-state index in [0.29, 0.717) is 38.9 Å². The van der Waals surface area contributed by atoms with Crippen LogP contribution >= 0.6 is 0 Å². The van der Waals surface area contributed by atoms with Crippen molar-refractivity contribution < 1.29 is 57.2 Å². The molecule has 0 aliphatic carbocycles. The Labute approximate surface area is 610 Å². The zero-order chi connectivity index (χ0) is 75.5. The van der Waals surface area contributed by atoms with Crippen molar-refractivity contribution in [1.82, 2.24) is 29.8 Å². The zero-order valence-corrected chi connectivity index (χ0v) is 67.3. The zero-order valence-electron chi connectivity index (χ0n) is 67.3. The molecule has 0 radical (unpaired) electrons. The highest BCUT2D eigenvalue weighted by atomic mass is 16.6. The molecule has 0 aliphatic rings. The van der Waals surface area contributed by atoms with Gasteiger partial charge in [-0.2, -0.15) is 0 Å². The van der Waals surface area contributed by atoms with Crippen LogP contribution in [-0.2, 0) is 33.3 Å². The summed E-state index contributed by atoms with van der Waals surface area (Å²) in [4.78, 5) is 111. The predicted octanol–water partition coefficient (Wildman–Crippen LogP) is 19.3. The van der Waals surface area contributed by atoms with Crippen LogP contribution in [0, 0.1) is 0 Å². The summed E-state index contributed by atoms with van der Waals surface area (Å²) in [5, 5.41) is 2.74. The van der Waals surface area contributed by atoms with Gasteiger partial charge in [-0.1, -0.05) is 206 Å². The Hall–Kier alpha value is -5.24. The number of aliphatic imine (C=N–C) groups is 1. The molecule has 0 fully saturated rings. The summed E-state index contributed by atoms with van der Waals surface area (Å²) in [6, 6.07) is -1.33. The Bertz CT molecular complexity index is 2180. The van der Waals surface area contributed by atoms with Crippen LogP contribution < -0.4 is 16.8 Å². The second-order valence-corrected chi connectivity index (χ2v) is 32.8. The average Bonchev–Trinajstić information content (AvgIpc) is 0.813. The van der Waals surface area contributed by atoms with E-state index in [1.54, 1.807) is 109 Å². The number of hydrogen-bond donors (Lipinski definition) is 3. The third kappa shape index (κ3) is 55.4. The van der Waals surface area contributed by atoms with Crippen molar-refractivity contribution in [2.24, 2.45) is 16.5 Å². The molecule has 1 unspecified atom stereocenters. The molecule has 21 nitrogen and oxygen atoms in total. The summed E-state index contributed by atoms with van der Waals surface area (Å²) < 4.78 is 28.9. The van der Waals surface area contributed by atoms with Crippen molar-refractivity contribution >= 4 is 48.2 Å². The van der Waals surface area contributed by atoms with Crippen molar-refractivity contribution in [3.8, 4) is 0 Å². The highest BCUT2D eigenvalue weighted by molar-refractivity contribution is 5.99. The highest BCUT2D eigenvalue weighted by Crippen LogP contribution is 2.24. The van der Waals surface area contributed by atoms with Crippen LogP contribution in [0.15, 0.2) is 4.99 Å². The van der Waals surface area contributed by atoms with Crippen LogP contribution in [0.4, 0.5) is 24.0 Å². The first kappa shape index (κ1) is 94.8. The number of nitrogens with two attached hydrogens (primary N) is 2. The summed E-state index contributed by atoms with van der Waals surface area (Å²) in [6.07, 6.45) is 37.3. The Kier molecular flexibility index (Phi) is 51.6. The van der Waals surface area contributed by atoms with Crippen molar-refractivity contribution in [3.63, 3.8) is 0 Å². The lowest BCUT2D eigenvalue weighted by Crippen LogP contribution is -2.57. The average molecular weight is 1420 g/mol. The van der Waals surface area contributed by atoms with E-state index < -0.39 is 77.0 Å². The number of guanidine groups is 1. The maximum absolute atomic E-state index is 15.6. The Morgan fingerprint density at radius 3 is 0.960 bits per heavy atom. The van der Waals surface area contributed by atoms with E-state index in [-0.39, 0.29) is 70.4 Å². The van der Waals surface area contributed by atoms with E-state index >= 15 is 9.59 Å². The minimum absolute atomic E-state index is 0.0210. The first-order valence-electron chi connectivity index (χ1n) is 39.8. The first-order chi connectivity index (χ1) is 47.0. The molecule has 5 N–H and O–H groups in total. The van der Waals surface area contributed by atoms with Crippen LogP contribution in [0.2, 0.25) is 0 Å². The fourth-order valence-corrected chi connectivity index (χ4v) is 11.7. The molecule has 0 bridgehead atoms. The van der Waals surface area contributed by atoms with Crippen LogP contribution in [-0.4, -0.2) is 172 Å². The molecule has 0 aromatic rings. The summed E-state index contributed by atoms with van der Waals surface area (Å²) in [5.41, 5.74) is 7.24. The number of amides is 7. The van der Waals surface area contributed by atoms with Gasteiger partial charge in [-0.25, -0.2) is 28.9 Å². The van der Waals surface area contributed by atoms with E-state index in [0.717, 1.165) is 56.3 Å². The van der Waals surface area contributed by atoms with E-state index in [4.69, 9.17) is 35.2 Å². The smallest absolute Gasteiger partial charge is 0.417 e. The molecule has 0 aromatic carbocycles. The fourth-order valence-electron chi connectivity index (χ4n) is 11.7. The molecule has 7 amide bonds. The third-order valence-electron chi connectivity index (χ3n) is 16.8. The third-order valence-corrected chi connectivity index (χ3v) is 16.8. The normalized spacial score (nSPS) is 12.3. The van der Waals surface area contributed by atoms with Crippen LogP contribution in [0.3, 0.4) is 0 Å². The van der Waals surface area contributed by atoms with Gasteiger partial charge in [-0.3, -0.25) is 19.5 Å². The predicted molar refractivity (Wildman–Crippen MR) is 409 cm³/mol. The van der Waals surface area contributed by atoms with Gasteiger partial charge < -0.3 is 55.2 Å². The number of alkyl carbamates (subject to hydrolysis) is 1. The molecule has 0 rings (SSSR count). The summed E-state index contributed by atoms with van der Waals surface area (Å²) in [6.45, 7) is 32.2. The highest BCUT2D eigenvalue weighted by Gasteiger charge is 2.41. The lowest BCUT2D eigenvalue weighted by molar-refractivity contribution is -0.146. The number of hydrogen-bond acceptors (Lipinski definition) is 13. The minimum Gasteiger partial charge on any atom is -0.444 e. The Morgan fingerprint density at radius 2 is 0.620 bits per heavy atom. The van der Waals surface area contributed by atoms with Gasteiger partial charge in [0.1, 0.15) is 40.6 Å². The lowest BCUT2D eigenvalue weighted by atomic mass is 10.0. The number of rotatable bonds is 55. The van der Waals surface area contributed by atoms with E-state index in [9.17, 15) is 24.0 Å². The largest absolute Gasteiger partial charge is 0.444 e. The molecule has 0 spiro atoms. The van der Waals surface area contributed by atoms with Crippen molar-refractivity contribution in [2.75, 3.05) is 65.4 Å². The monoisotopic (exact) mass is 1420 g/mol. The molecule has 586 valence electrons. The SMILES string of the molecule is CCCCCCCCCCCCCCCCCCN(CCCCCCCCCCCCCCCCCC)C(=O)C(CCCN=C(N)N)N(C(=O)CN(CCCN(CCCCN(CCCNC(=O)OC(C)(C)C)C(=O)OC(C)(C)C)C(=O)OC(C)(C)C)C(=O)OC(C)(C)C)C(=O)OC(C)(C)C. The maximum atomic E-state index is 15.6. The molecular weight excluding hydrogens is 1270 g/mol. The van der Waals surface area contributed by atoms with Gasteiger partial charge in [0.05, 0.1) is 0 Å². The van der Waals surface area contributed by atoms with Gasteiger partial charge in [0.15, 0.2) is 5.96 Å². The molecule has 100 heavy (non-hydrogen) atoms. The minimum atomic E-state index is -1.33. The van der Waals surface area contributed by atoms with Gasteiger partial charge in [-0.05, 0) is 155 Å². The fraction of sp³-hybridized carbons (Fsp3) is 0.899. The van der Waals surface area contributed by atoms with Gasteiger partial charge >= 0.3 is 30.5 Å². The van der Waals surface area contributed by atoms with Crippen molar-refractivity contribution in [2.45, 2.75) is 396 Å². The van der Waals surface area contributed by atoms with Crippen molar-refractivity contribution in [1.29, 1.82) is 0 Å². The van der Waals surface area contributed by atoms with E-state index in [1.807, 2.05) is 4.90 Å². The van der Waals surface area contributed by atoms with Gasteiger partial charge in [0.25, 0.3) is 5.91 Å². The molecular formula is C79H153N9O12. The van der Waals surface area contributed by atoms with E-state index in [2.05, 4.69) is 24.2 Å². The quantitative estimate of drug-likeness (QED) is 0.0221. The maximum Gasteiger partial charge on any atom is 0.417 e. The van der Waals surface area contributed by atoms with Crippen LogP contribution in [0.25, 0.3) is 0 Å². The van der Waals surface area contributed by atoms with Gasteiger partial charge in [0.2, 0.25) is 5.91 Å². The topological polar surface area (TPSA) is 258 Å². The van der Waals surface area contributed by atoms with Crippen molar-refractivity contribution in [3.05, 3.63) is 0 Å². The Morgan fingerprint density at radius 1 is 0.340 bits per heavy atom. The second-order valence-electron chi connectivity index (χ2n) is 32.8. The Balaban J connectivity index is 6.93. The lowest BCUT2D eigenvalue weighted by Gasteiger charge is -2.36. The number of carbonyl (C=O) groups is 7. The number of nitrogens with zero attached hydrogens (tertiary/aromatic N) is 6. The standard InChI is InChI=1S/C79H153N9O12/c1-18-20-22-24-26-28-30-32-34-36-38-40-42-44-46-48-58-84(59-49-47-45-43-41-39-37-35-33-31-29-27-25-23-21-19-2)68(90)66(55-52-56-82-69(80)81)88(74(95)100-79(15,16)17)67(89)65-87(73(94)99-78(12,13)14)64-54-63-86(72(93)98-77(9,10)11)61-51-50-60-85(71(92)97-76(6,7)8)62-53-57-83-70(91)96-75(3,4)5/h66H,18-65H2,1-17H3,(H,83,91)(H4,80,81,82). The first-order valence-corrected chi connectivity index (χ1v) is 39.8. The van der Waals surface area contributed by atoms with E-state index in [1.165, 1.54) is 164 Å². The second kappa shape index (κ2) is 54.4. The molecule has 0 saturated heterocycles. The van der Waals surface area contributed by atoms with Crippen LogP contribution in [0.5, 0.6) is 0 Å². The molecule has 0 heterocycles. The van der Waals surface area contributed by atoms with Gasteiger partial charge in [0, 0.05) is 58.9 Å². The molecule has 0 saturated carbocycles. The summed E-state index contributed by atoms with van der Waals surface area (Å²) in [7, 11) is 0. The number of ether oxygens (including phenoxy) is 5. The number of carbonyl (C=O) groups excluding carboxylic acids is 7. The van der Waals surface area contributed by atoms with Crippen LogP contribution in [0.1, 0.15) is 362 Å². The number of nitrogens with one attached hydrogen (secondary N) is 1. The molecule has 21 heteroatoms. The molecule has 0 aromatic heterocycles. The van der Waals surface area contributed by atoms with Gasteiger partial charge in [-0.15, -0.1) is 0 Å². The summed E-state index contributed by atoms with van der Waals surface area (Å²) >= 11 is 0. The molecule has 0 aliphatic heterocycles. The number of imide groups is 1. The molecule has 1 atom stereocenters.